The van der Waals surface area contributed by atoms with Gasteiger partial charge in [-0.1, -0.05) is 24.3 Å². The molecule has 3 nitrogen and oxygen atoms in total. The van der Waals surface area contributed by atoms with Crippen molar-refractivity contribution in [2.45, 2.75) is 12.8 Å². The minimum absolute atomic E-state index is 0.739. The number of nitrogens with zero attached hydrogens (tertiary/aromatic N) is 1. The van der Waals surface area contributed by atoms with Crippen molar-refractivity contribution in [2.75, 3.05) is 34.4 Å². The summed E-state index contributed by atoms with van der Waals surface area (Å²) in [5.41, 5.74) is 0. The van der Waals surface area contributed by atoms with Crippen molar-refractivity contribution < 1.29 is 9.47 Å². The lowest BCUT2D eigenvalue weighted by Crippen LogP contribution is -2.13. The van der Waals surface area contributed by atoms with Gasteiger partial charge < -0.3 is 14.4 Å². The fourth-order valence-electron chi connectivity index (χ4n) is 3.00. The van der Waals surface area contributed by atoms with Gasteiger partial charge >= 0.3 is 0 Å². The summed E-state index contributed by atoms with van der Waals surface area (Å²) < 4.78 is 11.6. The molecule has 0 fully saturated rings. The highest BCUT2D eigenvalue weighted by Gasteiger charge is 2.09. The van der Waals surface area contributed by atoms with Gasteiger partial charge in [0.15, 0.2) is 0 Å². The third kappa shape index (κ3) is 3.62. The van der Waals surface area contributed by atoms with Crippen LogP contribution in [0.25, 0.3) is 21.5 Å². The van der Waals surface area contributed by atoms with Gasteiger partial charge in [0, 0.05) is 10.8 Å². The SMILES string of the molecule is COc1ccc2c(OCCCCN(C)C)c3ccccc3cc2c1. The lowest BCUT2D eigenvalue weighted by Gasteiger charge is -2.14. The molecule has 0 aliphatic carbocycles. The molecule has 0 unspecified atom stereocenters. The molecule has 3 aromatic rings. The van der Waals surface area contributed by atoms with E-state index in [2.05, 4.69) is 61.5 Å². The molecule has 24 heavy (non-hydrogen) atoms. The Labute approximate surface area is 143 Å². The molecule has 0 bridgehead atoms. The molecule has 0 N–H and O–H groups in total. The van der Waals surface area contributed by atoms with Gasteiger partial charge in [0.1, 0.15) is 11.5 Å². The first kappa shape index (κ1) is 16.6. The molecule has 3 heteroatoms. The average Bonchev–Trinajstić information content (AvgIpc) is 2.59. The molecule has 0 amide bonds. The normalized spacial score (nSPS) is 11.3. The molecular weight excluding hydrogens is 298 g/mol. The lowest BCUT2D eigenvalue weighted by atomic mass is 10.0. The van der Waals surface area contributed by atoms with Gasteiger partial charge in [-0.25, -0.2) is 0 Å². The lowest BCUT2D eigenvalue weighted by molar-refractivity contribution is 0.298. The summed E-state index contributed by atoms with van der Waals surface area (Å²) in [7, 11) is 5.91. The van der Waals surface area contributed by atoms with Gasteiger partial charge in [0.25, 0.3) is 0 Å². The molecule has 3 rings (SSSR count). The zero-order chi connectivity index (χ0) is 16.9. The molecule has 0 aromatic heterocycles. The Bertz CT molecular complexity index is 827. The second-order valence-corrected chi connectivity index (χ2v) is 6.37. The second kappa shape index (κ2) is 7.54. The molecule has 0 radical (unpaired) electrons. The largest absolute Gasteiger partial charge is 0.497 e. The van der Waals surface area contributed by atoms with Crippen molar-refractivity contribution in [3.8, 4) is 11.5 Å². The van der Waals surface area contributed by atoms with Crippen molar-refractivity contribution >= 4 is 21.5 Å². The molecule has 3 aromatic carbocycles. The molecule has 0 heterocycles. The van der Waals surface area contributed by atoms with Crippen molar-refractivity contribution in [3.05, 3.63) is 48.5 Å². The highest BCUT2D eigenvalue weighted by molar-refractivity contribution is 6.05. The fraction of sp³-hybridized carbons (Fsp3) is 0.333. The zero-order valence-corrected chi connectivity index (χ0v) is 14.7. The molecule has 0 aliphatic rings. The van der Waals surface area contributed by atoms with E-state index in [0.29, 0.717) is 0 Å². The van der Waals surface area contributed by atoms with Crippen LogP contribution in [0.5, 0.6) is 11.5 Å². The standard InChI is InChI=1S/C21H25NO2/c1-22(2)12-6-7-13-24-21-19-9-5-4-8-16(19)14-17-15-18(23-3)10-11-20(17)21/h4-5,8-11,14-15H,6-7,12-13H2,1-3H3. The minimum atomic E-state index is 0.739. The van der Waals surface area contributed by atoms with Crippen molar-refractivity contribution in [1.29, 1.82) is 0 Å². The number of methoxy groups -OCH3 is 1. The van der Waals surface area contributed by atoms with E-state index >= 15 is 0 Å². The number of fused-ring (bicyclic) bond motifs is 2. The van der Waals surface area contributed by atoms with Crippen LogP contribution < -0.4 is 9.47 Å². The Kier molecular flexibility index (Phi) is 5.21. The maximum atomic E-state index is 6.23. The highest BCUT2D eigenvalue weighted by Crippen LogP contribution is 2.36. The van der Waals surface area contributed by atoms with Crippen LogP contribution in [-0.2, 0) is 0 Å². The highest BCUT2D eigenvalue weighted by atomic mass is 16.5. The van der Waals surface area contributed by atoms with Crippen LogP contribution in [0.1, 0.15) is 12.8 Å². The van der Waals surface area contributed by atoms with E-state index in [1.165, 1.54) is 10.8 Å². The van der Waals surface area contributed by atoms with E-state index in [1.54, 1.807) is 7.11 Å². The second-order valence-electron chi connectivity index (χ2n) is 6.37. The van der Waals surface area contributed by atoms with Gasteiger partial charge in [-0.15, -0.1) is 0 Å². The van der Waals surface area contributed by atoms with Gasteiger partial charge in [-0.3, -0.25) is 0 Å². The molecular formula is C21H25NO2. The number of hydrogen-bond donors (Lipinski definition) is 0. The topological polar surface area (TPSA) is 21.7 Å². The Balaban J connectivity index is 1.93. The smallest absolute Gasteiger partial charge is 0.134 e. The van der Waals surface area contributed by atoms with Crippen LogP contribution in [-0.4, -0.2) is 39.3 Å². The summed E-state index contributed by atoms with van der Waals surface area (Å²) in [6.45, 7) is 1.83. The number of benzene rings is 3. The molecule has 0 saturated carbocycles. The van der Waals surface area contributed by atoms with Crippen molar-refractivity contribution in [2.24, 2.45) is 0 Å². The summed E-state index contributed by atoms with van der Waals surface area (Å²) >= 11 is 0. The Morgan fingerprint density at radius 3 is 2.46 bits per heavy atom. The van der Waals surface area contributed by atoms with Crippen LogP contribution in [0.15, 0.2) is 48.5 Å². The first-order valence-corrected chi connectivity index (χ1v) is 8.46. The van der Waals surface area contributed by atoms with Crippen LogP contribution >= 0.6 is 0 Å². The van der Waals surface area contributed by atoms with Crippen LogP contribution in [0.3, 0.4) is 0 Å². The predicted octanol–water partition coefficient (Wildman–Crippen LogP) is 4.72. The molecule has 0 aliphatic heterocycles. The molecule has 0 spiro atoms. The number of unbranched alkanes of at least 4 members (excludes halogenated alkanes) is 1. The predicted molar refractivity (Wildman–Crippen MR) is 101 cm³/mol. The van der Waals surface area contributed by atoms with E-state index in [9.17, 15) is 0 Å². The van der Waals surface area contributed by atoms with Crippen LogP contribution in [0, 0.1) is 0 Å². The number of ether oxygens (including phenoxy) is 2. The maximum Gasteiger partial charge on any atom is 0.134 e. The fourth-order valence-corrected chi connectivity index (χ4v) is 3.00. The average molecular weight is 323 g/mol. The monoisotopic (exact) mass is 323 g/mol. The number of hydrogen-bond acceptors (Lipinski definition) is 3. The number of rotatable bonds is 7. The summed E-state index contributed by atoms with van der Waals surface area (Å²) in [6, 6.07) is 16.8. The first-order chi connectivity index (χ1) is 11.7. The quantitative estimate of drug-likeness (QED) is 0.464. The Morgan fingerprint density at radius 1 is 0.875 bits per heavy atom. The van der Waals surface area contributed by atoms with Gasteiger partial charge in [-0.2, -0.15) is 0 Å². The first-order valence-electron chi connectivity index (χ1n) is 8.46. The van der Waals surface area contributed by atoms with E-state index in [1.807, 2.05) is 6.07 Å². The van der Waals surface area contributed by atoms with Gasteiger partial charge in [-0.05, 0) is 68.5 Å². The van der Waals surface area contributed by atoms with E-state index < -0.39 is 0 Å². The summed E-state index contributed by atoms with van der Waals surface area (Å²) in [5.74, 6) is 1.85. The third-order valence-corrected chi connectivity index (χ3v) is 4.27. The third-order valence-electron chi connectivity index (χ3n) is 4.27. The van der Waals surface area contributed by atoms with Gasteiger partial charge in [0.05, 0.1) is 13.7 Å². The Hall–Kier alpha value is -2.26. The van der Waals surface area contributed by atoms with Crippen molar-refractivity contribution in [3.63, 3.8) is 0 Å². The molecule has 126 valence electrons. The summed E-state index contributed by atoms with van der Waals surface area (Å²) in [4.78, 5) is 2.21. The zero-order valence-electron chi connectivity index (χ0n) is 14.7. The Morgan fingerprint density at radius 2 is 1.67 bits per heavy atom. The summed E-state index contributed by atoms with van der Waals surface area (Å²) in [6.07, 6.45) is 2.20. The van der Waals surface area contributed by atoms with Crippen LogP contribution in [0.4, 0.5) is 0 Å². The maximum absolute atomic E-state index is 6.23. The molecule has 0 atom stereocenters. The van der Waals surface area contributed by atoms with Crippen LogP contribution in [0.2, 0.25) is 0 Å². The van der Waals surface area contributed by atoms with E-state index in [0.717, 1.165) is 48.3 Å². The minimum Gasteiger partial charge on any atom is -0.497 e. The molecule has 0 saturated heterocycles. The van der Waals surface area contributed by atoms with Gasteiger partial charge in [0.2, 0.25) is 0 Å². The van der Waals surface area contributed by atoms with E-state index in [-0.39, 0.29) is 0 Å². The van der Waals surface area contributed by atoms with Crippen molar-refractivity contribution in [1.82, 2.24) is 4.90 Å². The van der Waals surface area contributed by atoms with E-state index in [4.69, 9.17) is 9.47 Å². The summed E-state index contributed by atoms with van der Waals surface area (Å²) in [5, 5.41) is 4.66.